The van der Waals surface area contributed by atoms with Crippen LogP contribution in [-0.2, 0) is 13.6 Å². The number of hydrogen-bond donors (Lipinski definition) is 1. The molecule has 0 aliphatic heterocycles. The molecule has 0 aliphatic carbocycles. The van der Waals surface area contributed by atoms with Gasteiger partial charge in [0.2, 0.25) is 0 Å². The first-order chi connectivity index (χ1) is 8.52. The Morgan fingerprint density at radius 3 is 2.89 bits per heavy atom. The van der Waals surface area contributed by atoms with Crippen molar-refractivity contribution in [3.63, 3.8) is 0 Å². The van der Waals surface area contributed by atoms with Crippen LogP contribution in [0.5, 0.6) is 0 Å². The van der Waals surface area contributed by atoms with E-state index in [4.69, 9.17) is 0 Å². The van der Waals surface area contributed by atoms with Crippen LogP contribution in [0.2, 0.25) is 0 Å². The van der Waals surface area contributed by atoms with Gasteiger partial charge in [-0.1, -0.05) is 6.07 Å². The van der Waals surface area contributed by atoms with E-state index in [-0.39, 0.29) is 6.03 Å². The summed E-state index contributed by atoms with van der Waals surface area (Å²) in [5.74, 6) is 0.988. The summed E-state index contributed by atoms with van der Waals surface area (Å²) < 4.78 is 2.06. The normalized spacial score (nSPS) is 10.7. The number of benzene rings is 1. The van der Waals surface area contributed by atoms with Gasteiger partial charge in [0.1, 0.15) is 5.82 Å². The molecule has 18 heavy (non-hydrogen) atoms. The maximum atomic E-state index is 11.4. The summed E-state index contributed by atoms with van der Waals surface area (Å²) in [6.45, 7) is 2.56. The van der Waals surface area contributed by atoms with Crippen molar-refractivity contribution in [3.05, 3.63) is 29.6 Å². The van der Waals surface area contributed by atoms with Gasteiger partial charge in [0.25, 0.3) is 0 Å². The summed E-state index contributed by atoms with van der Waals surface area (Å²) in [5, 5.41) is 2.60. The first kappa shape index (κ1) is 12.4. The molecule has 0 spiro atoms. The number of aromatic nitrogens is 2. The van der Waals surface area contributed by atoms with E-state index in [0.29, 0.717) is 6.54 Å². The standard InChI is InChI=1S/C13H18N4O/c1-9-15-11-7-10(5-6-12(11)17(9)4)8-16(3)13(18)14-2/h5-7H,8H2,1-4H3,(H,14,18). The fourth-order valence-electron chi connectivity index (χ4n) is 2.00. The van der Waals surface area contributed by atoms with Crippen LogP contribution in [0.1, 0.15) is 11.4 Å². The average Bonchev–Trinajstić information content (AvgIpc) is 2.63. The third-order valence-electron chi connectivity index (χ3n) is 3.15. The van der Waals surface area contributed by atoms with Crippen molar-refractivity contribution in [3.8, 4) is 0 Å². The Hall–Kier alpha value is -2.04. The third kappa shape index (κ3) is 2.16. The maximum absolute atomic E-state index is 11.4. The van der Waals surface area contributed by atoms with Crippen molar-refractivity contribution in [2.45, 2.75) is 13.5 Å². The van der Waals surface area contributed by atoms with Crippen LogP contribution in [0.25, 0.3) is 11.0 Å². The SMILES string of the molecule is CNC(=O)N(C)Cc1ccc2c(c1)nc(C)n2C. The number of carbonyl (C=O) groups excluding carboxylic acids is 1. The Balaban J connectivity index is 2.28. The molecule has 0 radical (unpaired) electrons. The summed E-state index contributed by atoms with van der Waals surface area (Å²) in [4.78, 5) is 17.6. The largest absolute Gasteiger partial charge is 0.341 e. The second-order valence-electron chi connectivity index (χ2n) is 4.45. The van der Waals surface area contributed by atoms with E-state index < -0.39 is 0 Å². The molecule has 2 amide bonds. The first-order valence-corrected chi connectivity index (χ1v) is 5.87. The van der Waals surface area contributed by atoms with E-state index in [9.17, 15) is 4.79 Å². The van der Waals surface area contributed by atoms with Crippen LogP contribution in [-0.4, -0.2) is 34.6 Å². The number of nitrogens with zero attached hydrogens (tertiary/aromatic N) is 3. The lowest BCUT2D eigenvalue weighted by molar-refractivity contribution is 0.209. The molecule has 1 aromatic carbocycles. The third-order valence-corrected chi connectivity index (χ3v) is 3.15. The van der Waals surface area contributed by atoms with E-state index in [1.807, 2.05) is 32.2 Å². The van der Waals surface area contributed by atoms with Gasteiger partial charge in [0.05, 0.1) is 11.0 Å². The fraction of sp³-hybridized carbons (Fsp3) is 0.385. The molecule has 0 bridgehead atoms. The highest BCUT2D eigenvalue weighted by atomic mass is 16.2. The van der Waals surface area contributed by atoms with E-state index in [1.54, 1.807) is 19.0 Å². The molecule has 0 unspecified atom stereocenters. The number of carbonyl (C=O) groups is 1. The number of rotatable bonds is 2. The number of imidazole rings is 1. The summed E-state index contributed by atoms with van der Waals surface area (Å²) >= 11 is 0. The molecule has 0 saturated carbocycles. The molecule has 2 aromatic rings. The van der Waals surface area contributed by atoms with Crippen molar-refractivity contribution in [2.24, 2.45) is 7.05 Å². The van der Waals surface area contributed by atoms with E-state index in [1.165, 1.54) is 0 Å². The zero-order valence-electron chi connectivity index (χ0n) is 11.2. The topological polar surface area (TPSA) is 50.2 Å². The van der Waals surface area contributed by atoms with Gasteiger partial charge in [-0.05, 0) is 24.6 Å². The van der Waals surface area contributed by atoms with E-state index in [0.717, 1.165) is 22.4 Å². The molecule has 5 heteroatoms. The van der Waals surface area contributed by atoms with Gasteiger partial charge in [0, 0.05) is 27.7 Å². The van der Waals surface area contributed by atoms with Crippen LogP contribution in [0.3, 0.4) is 0 Å². The quantitative estimate of drug-likeness (QED) is 0.876. The lowest BCUT2D eigenvalue weighted by Crippen LogP contribution is -2.34. The smallest absolute Gasteiger partial charge is 0.317 e. The molecular weight excluding hydrogens is 228 g/mol. The summed E-state index contributed by atoms with van der Waals surface area (Å²) in [6, 6.07) is 6.01. The zero-order chi connectivity index (χ0) is 13.3. The Kier molecular flexibility index (Phi) is 3.23. The second-order valence-corrected chi connectivity index (χ2v) is 4.45. The Morgan fingerprint density at radius 1 is 1.50 bits per heavy atom. The van der Waals surface area contributed by atoms with Gasteiger partial charge in [-0.2, -0.15) is 0 Å². The molecule has 1 heterocycles. The Morgan fingerprint density at radius 2 is 2.22 bits per heavy atom. The Bertz CT molecular complexity index is 588. The minimum Gasteiger partial charge on any atom is -0.341 e. The van der Waals surface area contributed by atoms with E-state index >= 15 is 0 Å². The van der Waals surface area contributed by atoms with Crippen molar-refractivity contribution < 1.29 is 4.79 Å². The van der Waals surface area contributed by atoms with Gasteiger partial charge in [-0.15, -0.1) is 0 Å². The predicted molar refractivity (Wildman–Crippen MR) is 71.4 cm³/mol. The minimum absolute atomic E-state index is 0.0905. The minimum atomic E-state index is -0.0905. The van der Waals surface area contributed by atoms with Crippen molar-refractivity contribution in [2.75, 3.05) is 14.1 Å². The van der Waals surface area contributed by atoms with Gasteiger partial charge in [0.15, 0.2) is 0 Å². The summed E-state index contributed by atoms with van der Waals surface area (Å²) in [6.07, 6.45) is 0. The molecule has 2 rings (SSSR count). The first-order valence-electron chi connectivity index (χ1n) is 5.87. The van der Waals surface area contributed by atoms with Crippen molar-refractivity contribution >= 4 is 17.1 Å². The van der Waals surface area contributed by atoms with Gasteiger partial charge >= 0.3 is 6.03 Å². The number of urea groups is 1. The zero-order valence-corrected chi connectivity index (χ0v) is 11.2. The van der Waals surface area contributed by atoms with Crippen LogP contribution in [0.4, 0.5) is 4.79 Å². The number of amides is 2. The van der Waals surface area contributed by atoms with Crippen LogP contribution < -0.4 is 5.32 Å². The molecule has 96 valence electrons. The number of aryl methyl sites for hydroxylation is 2. The maximum Gasteiger partial charge on any atom is 0.317 e. The number of fused-ring (bicyclic) bond motifs is 1. The van der Waals surface area contributed by atoms with Crippen molar-refractivity contribution in [1.82, 2.24) is 19.8 Å². The Labute approximate surface area is 106 Å². The van der Waals surface area contributed by atoms with Gasteiger partial charge in [-0.25, -0.2) is 9.78 Å². The number of hydrogen-bond acceptors (Lipinski definition) is 2. The van der Waals surface area contributed by atoms with Crippen LogP contribution in [0, 0.1) is 6.92 Å². The summed E-state index contributed by atoms with van der Waals surface area (Å²) in [7, 11) is 5.40. The van der Waals surface area contributed by atoms with Gasteiger partial charge < -0.3 is 14.8 Å². The second kappa shape index (κ2) is 4.68. The van der Waals surface area contributed by atoms with E-state index in [2.05, 4.69) is 14.9 Å². The highest BCUT2D eigenvalue weighted by molar-refractivity contribution is 5.77. The number of nitrogens with one attached hydrogen (secondary N) is 1. The van der Waals surface area contributed by atoms with Gasteiger partial charge in [-0.3, -0.25) is 0 Å². The predicted octanol–water partition coefficient (Wildman–Crippen LogP) is 1.65. The molecule has 1 aromatic heterocycles. The molecular formula is C13H18N4O. The van der Waals surface area contributed by atoms with Crippen molar-refractivity contribution in [1.29, 1.82) is 0 Å². The highest BCUT2D eigenvalue weighted by Crippen LogP contribution is 2.17. The molecule has 0 atom stereocenters. The summed E-state index contributed by atoms with van der Waals surface area (Å²) in [5.41, 5.74) is 3.16. The molecule has 0 saturated heterocycles. The average molecular weight is 246 g/mol. The fourth-order valence-corrected chi connectivity index (χ4v) is 2.00. The molecule has 0 aliphatic rings. The molecule has 0 fully saturated rings. The lowest BCUT2D eigenvalue weighted by atomic mass is 10.2. The van der Waals surface area contributed by atoms with Crippen LogP contribution in [0.15, 0.2) is 18.2 Å². The monoisotopic (exact) mass is 246 g/mol. The van der Waals surface area contributed by atoms with Crippen LogP contribution >= 0.6 is 0 Å². The highest BCUT2D eigenvalue weighted by Gasteiger charge is 2.09. The molecule has 1 N–H and O–H groups in total. The lowest BCUT2D eigenvalue weighted by Gasteiger charge is -2.16. The molecule has 5 nitrogen and oxygen atoms in total.